The van der Waals surface area contributed by atoms with Gasteiger partial charge in [0, 0.05) is 12.0 Å². The molecule has 4 nitrogen and oxygen atoms in total. The zero-order valence-electron chi connectivity index (χ0n) is 9.02. The minimum Gasteiger partial charge on any atom is -0.339 e. The van der Waals surface area contributed by atoms with Gasteiger partial charge in [0.15, 0.2) is 5.82 Å². The Bertz CT molecular complexity index is 362. The van der Waals surface area contributed by atoms with E-state index in [1.54, 1.807) is 0 Å². The van der Waals surface area contributed by atoms with Gasteiger partial charge in [-0.1, -0.05) is 18.5 Å². The number of nitrogens with zero attached hydrogens (tertiary/aromatic N) is 2. The highest BCUT2D eigenvalue weighted by atomic mass is 16.5. The molecule has 0 aliphatic heterocycles. The largest absolute Gasteiger partial charge is 0.339 e. The van der Waals surface area contributed by atoms with Crippen LogP contribution in [0.25, 0.3) is 0 Å². The molecule has 2 N–H and O–H groups in total. The summed E-state index contributed by atoms with van der Waals surface area (Å²) in [6.07, 6.45) is 4.57. The van der Waals surface area contributed by atoms with E-state index in [2.05, 4.69) is 17.1 Å². The van der Waals surface area contributed by atoms with E-state index in [0.29, 0.717) is 11.8 Å². The summed E-state index contributed by atoms with van der Waals surface area (Å²) in [7, 11) is 0. The second kappa shape index (κ2) is 3.30. The van der Waals surface area contributed by atoms with E-state index in [0.717, 1.165) is 30.5 Å². The fraction of sp³-hybridized carbons (Fsp3) is 0.818. The Morgan fingerprint density at radius 2 is 2.13 bits per heavy atom. The molecular weight excluding hydrogens is 190 g/mol. The quantitative estimate of drug-likeness (QED) is 0.803. The van der Waals surface area contributed by atoms with E-state index in [1.165, 1.54) is 12.8 Å². The van der Waals surface area contributed by atoms with Crippen molar-refractivity contribution < 1.29 is 4.52 Å². The third-order valence-electron chi connectivity index (χ3n) is 3.79. The van der Waals surface area contributed by atoms with Gasteiger partial charge in [-0.2, -0.15) is 4.98 Å². The summed E-state index contributed by atoms with van der Waals surface area (Å²) in [4.78, 5) is 4.50. The summed E-state index contributed by atoms with van der Waals surface area (Å²) in [5.41, 5.74) is 6.01. The molecular formula is C11H17N3O. The summed E-state index contributed by atoms with van der Waals surface area (Å²) < 4.78 is 5.33. The van der Waals surface area contributed by atoms with Gasteiger partial charge in [0.1, 0.15) is 0 Å². The van der Waals surface area contributed by atoms with Crippen LogP contribution in [0, 0.1) is 5.92 Å². The molecule has 82 valence electrons. The molecule has 0 aromatic carbocycles. The van der Waals surface area contributed by atoms with Crippen LogP contribution in [-0.4, -0.2) is 16.2 Å². The minimum absolute atomic E-state index is 0.218. The van der Waals surface area contributed by atoms with Gasteiger partial charge < -0.3 is 10.3 Å². The highest BCUT2D eigenvalue weighted by Crippen LogP contribution is 2.46. The first-order valence-electron chi connectivity index (χ1n) is 5.85. The third-order valence-corrected chi connectivity index (χ3v) is 3.79. The van der Waals surface area contributed by atoms with Crippen molar-refractivity contribution in [2.45, 2.75) is 50.5 Å². The molecule has 0 radical (unpaired) electrons. The van der Waals surface area contributed by atoms with Crippen molar-refractivity contribution in [2.24, 2.45) is 11.7 Å². The van der Waals surface area contributed by atoms with Gasteiger partial charge >= 0.3 is 0 Å². The van der Waals surface area contributed by atoms with Crippen LogP contribution in [0.15, 0.2) is 4.52 Å². The Morgan fingerprint density at radius 3 is 2.73 bits per heavy atom. The predicted octanol–water partition coefficient (Wildman–Crippen LogP) is 1.79. The predicted molar refractivity (Wildman–Crippen MR) is 55.4 cm³/mol. The Labute approximate surface area is 89.2 Å². The lowest BCUT2D eigenvalue weighted by molar-refractivity contribution is 0.341. The Morgan fingerprint density at radius 1 is 1.33 bits per heavy atom. The molecule has 1 aromatic heterocycles. The summed E-state index contributed by atoms with van der Waals surface area (Å²) in [6, 6.07) is 0.218. The number of aromatic nitrogens is 2. The van der Waals surface area contributed by atoms with Crippen molar-refractivity contribution in [1.29, 1.82) is 0 Å². The summed E-state index contributed by atoms with van der Waals surface area (Å²) in [6.45, 7) is 2.22. The molecule has 0 amide bonds. The fourth-order valence-corrected chi connectivity index (χ4v) is 2.53. The van der Waals surface area contributed by atoms with E-state index in [4.69, 9.17) is 10.3 Å². The summed E-state index contributed by atoms with van der Waals surface area (Å²) in [5, 5.41) is 4.07. The maximum absolute atomic E-state index is 6.01. The van der Waals surface area contributed by atoms with Crippen molar-refractivity contribution in [3.63, 3.8) is 0 Å². The molecule has 4 unspecified atom stereocenters. The molecule has 0 bridgehead atoms. The Hall–Kier alpha value is -0.900. The van der Waals surface area contributed by atoms with Crippen molar-refractivity contribution in [3.05, 3.63) is 11.7 Å². The SMILES string of the molecule is CC1CC1c1noc(C2CCCC2N)n1. The highest BCUT2D eigenvalue weighted by Gasteiger charge is 2.39. The van der Waals surface area contributed by atoms with E-state index >= 15 is 0 Å². The van der Waals surface area contributed by atoms with Gasteiger partial charge in [-0.05, 0) is 25.2 Å². The molecule has 4 heteroatoms. The molecule has 2 saturated carbocycles. The van der Waals surface area contributed by atoms with Gasteiger partial charge in [0.25, 0.3) is 0 Å². The standard InChI is InChI=1S/C11H17N3O/c1-6-5-8(6)10-13-11(15-14-10)7-3-2-4-9(7)12/h6-9H,2-5,12H2,1H3. The van der Waals surface area contributed by atoms with Gasteiger partial charge in [-0.25, -0.2) is 0 Å². The number of hydrogen-bond acceptors (Lipinski definition) is 4. The lowest BCUT2D eigenvalue weighted by Gasteiger charge is -2.08. The molecule has 3 rings (SSSR count). The molecule has 2 aliphatic carbocycles. The molecule has 0 spiro atoms. The van der Waals surface area contributed by atoms with Crippen LogP contribution in [0.2, 0.25) is 0 Å². The van der Waals surface area contributed by atoms with Gasteiger partial charge in [-0.15, -0.1) is 0 Å². The molecule has 0 saturated heterocycles. The third kappa shape index (κ3) is 1.57. The molecule has 15 heavy (non-hydrogen) atoms. The zero-order valence-corrected chi connectivity index (χ0v) is 9.02. The smallest absolute Gasteiger partial charge is 0.231 e. The van der Waals surface area contributed by atoms with Crippen molar-refractivity contribution in [2.75, 3.05) is 0 Å². The van der Waals surface area contributed by atoms with Crippen LogP contribution in [0.1, 0.15) is 56.2 Å². The van der Waals surface area contributed by atoms with Crippen molar-refractivity contribution in [1.82, 2.24) is 10.1 Å². The number of hydrogen-bond donors (Lipinski definition) is 1. The van der Waals surface area contributed by atoms with E-state index in [1.807, 2.05) is 0 Å². The highest BCUT2D eigenvalue weighted by molar-refractivity contribution is 5.10. The summed E-state index contributed by atoms with van der Waals surface area (Å²) in [5.74, 6) is 3.25. The normalized spacial score (nSPS) is 39.6. The van der Waals surface area contributed by atoms with Crippen molar-refractivity contribution in [3.8, 4) is 0 Å². The second-order valence-corrected chi connectivity index (χ2v) is 5.01. The molecule has 1 aromatic rings. The van der Waals surface area contributed by atoms with E-state index < -0.39 is 0 Å². The van der Waals surface area contributed by atoms with Crippen LogP contribution >= 0.6 is 0 Å². The second-order valence-electron chi connectivity index (χ2n) is 5.01. The Kier molecular flexibility index (Phi) is 2.06. The fourth-order valence-electron chi connectivity index (χ4n) is 2.53. The first-order valence-corrected chi connectivity index (χ1v) is 5.85. The van der Waals surface area contributed by atoms with Crippen LogP contribution in [-0.2, 0) is 0 Å². The lowest BCUT2D eigenvalue weighted by atomic mass is 10.1. The maximum atomic E-state index is 6.01. The Balaban J connectivity index is 1.78. The molecule has 4 atom stereocenters. The van der Waals surface area contributed by atoms with E-state index in [-0.39, 0.29) is 6.04 Å². The first kappa shape index (κ1) is 9.33. The summed E-state index contributed by atoms with van der Waals surface area (Å²) >= 11 is 0. The first-order chi connectivity index (χ1) is 7.25. The topological polar surface area (TPSA) is 64.9 Å². The van der Waals surface area contributed by atoms with Gasteiger partial charge in [-0.3, -0.25) is 0 Å². The van der Waals surface area contributed by atoms with Crippen LogP contribution in [0.3, 0.4) is 0 Å². The number of nitrogens with two attached hydrogens (primary N) is 1. The average molecular weight is 207 g/mol. The minimum atomic E-state index is 0.218. The zero-order chi connectivity index (χ0) is 10.4. The van der Waals surface area contributed by atoms with Crippen LogP contribution < -0.4 is 5.73 Å². The van der Waals surface area contributed by atoms with Crippen molar-refractivity contribution >= 4 is 0 Å². The van der Waals surface area contributed by atoms with Gasteiger partial charge in [0.2, 0.25) is 5.89 Å². The average Bonchev–Trinajstić information content (AvgIpc) is 2.69. The van der Waals surface area contributed by atoms with Crippen LogP contribution in [0.5, 0.6) is 0 Å². The van der Waals surface area contributed by atoms with Gasteiger partial charge in [0.05, 0.1) is 5.92 Å². The monoisotopic (exact) mass is 207 g/mol. The number of rotatable bonds is 2. The molecule has 2 fully saturated rings. The van der Waals surface area contributed by atoms with Crippen LogP contribution in [0.4, 0.5) is 0 Å². The maximum Gasteiger partial charge on any atom is 0.231 e. The lowest BCUT2D eigenvalue weighted by Crippen LogP contribution is -2.22. The molecule has 1 heterocycles. The molecule has 2 aliphatic rings. The van der Waals surface area contributed by atoms with E-state index in [9.17, 15) is 0 Å².